The van der Waals surface area contributed by atoms with Gasteiger partial charge in [-0.15, -0.1) is 0 Å². The standard InChI is InChI=1S/C17H23Cl2NO/c1-10(14-7-11-2-3-12(14)6-11)20-9-17(21)15-8-13(18)4-5-16(15)19/h4-5,8,10-12,14,17,20-21H,2-3,6-7,9H2,1H3. The molecule has 116 valence electrons. The van der Waals surface area contributed by atoms with Crippen molar-refractivity contribution < 1.29 is 5.11 Å². The van der Waals surface area contributed by atoms with Crippen molar-refractivity contribution >= 4 is 23.2 Å². The molecule has 21 heavy (non-hydrogen) atoms. The topological polar surface area (TPSA) is 32.3 Å². The highest BCUT2D eigenvalue weighted by Crippen LogP contribution is 2.49. The van der Waals surface area contributed by atoms with Gasteiger partial charge in [-0.25, -0.2) is 0 Å². The van der Waals surface area contributed by atoms with Gasteiger partial charge in [0.1, 0.15) is 0 Å². The van der Waals surface area contributed by atoms with E-state index in [-0.39, 0.29) is 0 Å². The molecule has 4 heteroatoms. The maximum absolute atomic E-state index is 10.3. The monoisotopic (exact) mass is 327 g/mol. The van der Waals surface area contributed by atoms with E-state index >= 15 is 0 Å². The zero-order chi connectivity index (χ0) is 15.0. The zero-order valence-electron chi connectivity index (χ0n) is 12.4. The molecule has 2 N–H and O–H groups in total. The second-order valence-electron chi connectivity index (χ2n) is 6.72. The number of halogens is 2. The molecule has 2 fully saturated rings. The van der Waals surface area contributed by atoms with Crippen molar-refractivity contribution in [2.75, 3.05) is 6.54 Å². The van der Waals surface area contributed by atoms with Crippen LogP contribution in [0.25, 0.3) is 0 Å². The maximum atomic E-state index is 10.3. The van der Waals surface area contributed by atoms with Crippen LogP contribution in [0.3, 0.4) is 0 Å². The number of aliphatic hydroxyl groups excluding tert-OH is 1. The van der Waals surface area contributed by atoms with Crippen LogP contribution in [0.1, 0.15) is 44.3 Å². The fraction of sp³-hybridized carbons (Fsp3) is 0.647. The van der Waals surface area contributed by atoms with Crippen molar-refractivity contribution in [3.8, 4) is 0 Å². The quantitative estimate of drug-likeness (QED) is 0.837. The number of nitrogens with one attached hydrogen (secondary N) is 1. The van der Waals surface area contributed by atoms with Crippen molar-refractivity contribution in [1.29, 1.82) is 0 Å². The van der Waals surface area contributed by atoms with E-state index in [4.69, 9.17) is 23.2 Å². The Hall–Kier alpha value is -0.280. The first kappa shape index (κ1) is 15.6. The van der Waals surface area contributed by atoms with Crippen LogP contribution in [0.2, 0.25) is 10.0 Å². The minimum atomic E-state index is -0.614. The molecule has 0 aliphatic heterocycles. The van der Waals surface area contributed by atoms with Gasteiger partial charge in [0, 0.05) is 28.2 Å². The first-order valence-corrected chi connectivity index (χ1v) is 8.66. The molecule has 1 aromatic carbocycles. The molecule has 1 aromatic rings. The Kier molecular flexibility index (Phi) is 4.80. The fourth-order valence-electron chi connectivity index (χ4n) is 4.24. The lowest BCUT2D eigenvalue weighted by Crippen LogP contribution is -2.38. The highest BCUT2D eigenvalue weighted by Gasteiger charge is 2.41. The van der Waals surface area contributed by atoms with E-state index in [1.807, 2.05) is 0 Å². The third kappa shape index (κ3) is 3.39. The van der Waals surface area contributed by atoms with Crippen molar-refractivity contribution in [3.05, 3.63) is 33.8 Å². The minimum absolute atomic E-state index is 0.452. The summed E-state index contributed by atoms with van der Waals surface area (Å²) in [6.07, 6.45) is 4.97. The summed E-state index contributed by atoms with van der Waals surface area (Å²) in [7, 11) is 0. The third-order valence-corrected chi connectivity index (χ3v) is 5.96. The predicted octanol–water partition coefficient (Wildman–Crippen LogP) is 4.44. The molecule has 2 saturated carbocycles. The molecule has 0 saturated heterocycles. The summed E-state index contributed by atoms with van der Waals surface area (Å²) in [5.74, 6) is 2.62. The van der Waals surface area contributed by atoms with Gasteiger partial charge in [-0.2, -0.15) is 0 Å². The summed E-state index contributed by atoms with van der Waals surface area (Å²) in [5.41, 5.74) is 0.705. The number of hydrogen-bond acceptors (Lipinski definition) is 2. The lowest BCUT2D eigenvalue weighted by atomic mass is 9.84. The lowest BCUT2D eigenvalue weighted by molar-refractivity contribution is 0.158. The van der Waals surface area contributed by atoms with E-state index in [2.05, 4.69) is 12.2 Å². The van der Waals surface area contributed by atoms with E-state index in [9.17, 15) is 5.11 Å². The zero-order valence-corrected chi connectivity index (χ0v) is 13.9. The maximum Gasteiger partial charge on any atom is 0.0929 e. The normalized spacial score (nSPS) is 30.6. The Morgan fingerprint density at radius 1 is 1.29 bits per heavy atom. The first-order valence-electron chi connectivity index (χ1n) is 7.91. The van der Waals surface area contributed by atoms with Crippen LogP contribution in [0, 0.1) is 17.8 Å². The Morgan fingerprint density at radius 3 is 2.76 bits per heavy atom. The van der Waals surface area contributed by atoms with Crippen molar-refractivity contribution in [2.45, 2.75) is 44.8 Å². The van der Waals surface area contributed by atoms with E-state index < -0.39 is 6.10 Å². The summed E-state index contributed by atoms with van der Waals surface area (Å²) < 4.78 is 0. The van der Waals surface area contributed by atoms with Gasteiger partial charge in [-0.3, -0.25) is 0 Å². The molecule has 2 aliphatic rings. The second-order valence-corrected chi connectivity index (χ2v) is 7.56. The van der Waals surface area contributed by atoms with Crippen LogP contribution < -0.4 is 5.32 Å². The Bertz CT molecular complexity index is 508. The Balaban J connectivity index is 1.56. The number of benzene rings is 1. The lowest BCUT2D eigenvalue weighted by Gasteiger charge is -2.29. The van der Waals surface area contributed by atoms with Gasteiger partial charge < -0.3 is 10.4 Å². The van der Waals surface area contributed by atoms with Gasteiger partial charge in [0.25, 0.3) is 0 Å². The molecule has 5 unspecified atom stereocenters. The number of fused-ring (bicyclic) bond motifs is 2. The number of rotatable bonds is 5. The van der Waals surface area contributed by atoms with E-state index in [0.29, 0.717) is 28.2 Å². The first-order chi connectivity index (χ1) is 10.0. The molecule has 3 rings (SSSR count). The number of hydrogen-bond donors (Lipinski definition) is 2. The summed E-state index contributed by atoms with van der Waals surface area (Å²) in [4.78, 5) is 0. The van der Waals surface area contributed by atoms with Gasteiger partial charge in [0.15, 0.2) is 0 Å². The third-order valence-electron chi connectivity index (χ3n) is 5.39. The summed E-state index contributed by atoms with van der Waals surface area (Å²) in [6.45, 7) is 2.77. The van der Waals surface area contributed by atoms with Gasteiger partial charge >= 0.3 is 0 Å². The number of aliphatic hydroxyl groups is 1. The van der Waals surface area contributed by atoms with Crippen molar-refractivity contribution in [3.63, 3.8) is 0 Å². The summed E-state index contributed by atoms with van der Waals surface area (Å²) in [6, 6.07) is 5.68. The predicted molar refractivity (Wildman–Crippen MR) is 87.8 cm³/mol. The van der Waals surface area contributed by atoms with Crippen LogP contribution in [0.5, 0.6) is 0 Å². The SMILES string of the molecule is CC(NCC(O)c1cc(Cl)ccc1Cl)C1CC2CCC1C2. The molecule has 2 aliphatic carbocycles. The van der Waals surface area contributed by atoms with Gasteiger partial charge in [0.2, 0.25) is 0 Å². The molecular weight excluding hydrogens is 305 g/mol. The molecule has 2 bridgehead atoms. The fourth-order valence-corrected chi connectivity index (χ4v) is 4.66. The van der Waals surface area contributed by atoms with Crippen LogP contribution >= 0.6 is 23.2 Å². The van der Waals surface area contributed by atoms with Crippen molar-refractivity contribution in [2.24, 2.45) is 17.8 Å². The molecule has 0 aromatic heterocycles. The Labute approximate surface area is 136 Å². The van der Waals surface area contributed by atoms with Crippen LogP contribution in [-0.4, -0.2) is 17.7 Å². The van der Waals surface area contributed by atoms with Crippen molar-refractivity contribution in [1.82, 2.24) is 5.32 Å². The Morgan fingerprint density at radius 2 is 2.10 bits per heavy atom. The molecule has 0 amide bonds. The molecule has 2 nitrogen and oxygen atoms in total. The second kappa shape index (κ2) is 6.45. The molecule has 0 spiro atoms. The molecule has 5 atom stereocenters. The minimum Gasteiger partial charge on any atom is -0.387 e. The van der Waals surface area contributed by atoms with E-state index in [0.717, 1.165) is 17.8 Å². The smallest absolute Gasteiger partial charge is 0.0929 e. The average molecular weight is 328 g/mol. The van der Waals surface area contributed by atoms with E-state index in [1.54, 1.807) is 18.2 Å². The van der Waals surface area contributed by atoms with Crippen LogP contribution in [-0.2, 0) is 0 Å². The van der Waals surface area contributed by atoms with Gasteiger partial charge in [0.05, 0.1) is 6.10 Å². The molecule has 0 radical (unpaired) electrons. The summed E-state index contributed by atoms with van der Waals surface area (Å²) in [5, 5.41) is 15.0. The largest absolute Gasteiger partial charge is 0.387 e. The van der Waals surface area contributed by atoms with Gasteiger partial charge in [-0.05, 0) is 62.1 Å². The highest BCUT2D eigenvalue weighted by atomic mass is 35.5. The average Bonchev–Trinajstić information content (AvgIpc) is 3.09. The highest BCUT2D eigenvalue weighted by molar-refractivity contribution is 6.33. The molecule has 0 heterocycles. The molecular formula is C17H23Cl2NO. The van der Waals surface area contributed by atoms with Crippen LogP contribution in [0.15, 0.2) is 18.2 Å². The van der Waals surface area contributed by atoms with E-state index in [1.165, 1.54) is 25.7 Å². The summed E-state index contributed by atoms with van der Waals surface area (Å²) >= 11 is 12.1. The van der Waals surface area contributed by atoms with Gasteiger partial charge in [-0.1, -0.05) is 29.6 Å². The van der Waals surface area contributed by atoms with Crippen LogP contribution in [0.4, 0.5) is 0 Å².